The van der Waals surface area contributed by atoms with Gasteiger partial charge in [0.2, 0.25) is 11.8 Å². The third kappa shape index (κ3) is 6.01. The van der Waals surface area contributed by atoms with Crippen molar-refractivity contribution < 1.29 is 19.1 Å². The molecule has 7 rings (SSSR count). The number of rotatable bonds is 7. The standard InChI is InChI=1S/C38H63N5O4/c1-24-9-12-38(40-23-24)25(2)35-31(47-38)20-30-28-8-7-26-19-27(10-11-36(26,3)29(28)21-32(44)37(30,35)4)41-34(46)22-33(45)39-13-6-14-43-17-15-42(5)16-18-43/h24-31,35,40H,6-23H2,1-5H3,(H,39,45)(H,41,46)/t24-,25+,26+,27+,28-,29+,30+,31+,35+,36+,37-,38-/m1/s1. The summed E-state index contributed by atoms with van der Waals surface area (Å²) in [4.78, 5) is 44.6. The number of likely N-dealkylation sites (N-methyl/N-ethyl adjacent to an activating group) is 1. The molecule has 7 fully saturated rings. The normalized spacial score (nSPS) is 46.7. The van der Waals surface area contributed by atoms with Gasteiger partial charge in [-0.05, 0) is 106 Å². The Kier molecular flexibility index (Phi) is 9.36. The Hall–Kier alpha value is -1.55. The zero-order valence-corrected chi connectivity index (χ0v) is 30.0. The lowest BCUT2D eigenvalue weighted by atomic mass is 9.44. The monoisotopic (exact) mass is 653 g/mol. The van der Waals surface area contributed by atoms with Crippen molar-refractivity contribution in [2.75, 3.05) is 52.9 Å². The van der Waals surface area contributed by atoms with Crippen molar-refractivity contribution in [1.82, 2.24) is 25.8 Å². The summed E-state index contributed by atoms with van der Waals surface area (Å²) in [5, 5.41) is 10.0. The Bertz CT molecular complexity index is 1200. The molecule has 9 heteroatoms. The second kappa shape index (κ2) is 13.0. The number of hydrogen-bond donors (Lipinski definition) is 3. The van der Waals surface area contributed by atoms with E-state index in [-0.39, 0.29) is 46.9 Å². The molecule has 0 unspecified atom stereocenters. The van der Waals surface area contributed by atoms with Crippen molar-refractivity contribution >= 4 is 17.6 Å². The molecule has 7 aliphatic rings. The average molecular weight is 654 g/mol. The van der Waals surface area contributed by atoms with Crippen LogP contribution in [0.5, 0.6) is 0 Å². The minimum absolute atomic E-state index is 0.0922. The molecule has 47 heavy (non-hydrogen) atoms. The fourth-order valence-corrected chi connectivity index (χ4v) is 12.4. The number of nitrogens with zero attached hydrogens (tertiary/aromatic N) is 2. The molecule has 3 aliphatic heterocycles. The smallest absolute Gasteiger partial charge is 0.229 e. The third-order valence-electron chi connectivity index (χ3n) is 15.3. The van der Waals surface area contributed by atoms with Crippen LogP contribution in [0.1, 0.15) is 98.3 Å². The number of carbonyl (C=O) groups is 3. The first-order valence-corrected chi connectivity index (χ1v) is 19.4. The SMILES string of the molecule is C[C@@H]1CC[C@@]2(NC1)O[C@H]1C[C@H]3[C@@H]4CC[C@H]5C[C@@H](NC(=O)CC(=O)NCCCN6CCN(C)CC6)CC[C@]5(C)[C@H]4CC(=O)[C@]3(C)[C@H]1[C@@H]2C. The van der Waals surface area contributed by atoms with Gasteiger partial charge in [0, 0.05) is 69.0 Å². The fourth-order valence-electron chi connectivity index (χ4n) is 12.4. The molecule has 4 saturated carbocycles. The number of fused-ring (bicyclic) bond motifs is 7. The first-order chi connectivity index (χ1) is 22.4. The minimum atomic E-state index is -0.279. The Morgan fingerprint density at radius 3 is 2.51 bits per heavy atom. The molecule has 3 N–H and O–H groups in total. The van der Waals surface area contributed by atoms with Crippen LogP contribution in [0.15, 0.2) is 0 Å². The van der Waals surface area contributed by atoms with E-state index in [0.29, 0.717) is 60.2 Å². The molecular weight excluding hydrogens is 590 g/mol. The Labute approximate surface area is 283 Å². The largest absolute Gasteiger partial charge is 0.357 e. The van der Waals surface area contributed by atoms with Gasteiger partial charge in [-0.25, -0.2) is 0 Å². The summed E-state index contributed by atoms with van der Waals surface area (Å²) >= 11 is 0. The molecular formula is C38H63N5O4. The van der Waals surface area contributed by atoms with E-state index < -0.39 is 0 Å². The number of carbonyl (C=O) groups excluding carboxylic acids is 3. The quantitative estimate of drug-likeness (QED) is 0.284. The van der Waals surface area contributed by atoms with Crippen LogP contribution in [0.3, 0.4) is 0 Å². The number of piperidine rings is 1. The van der Waals surface area contributed by atoms with E-state index in [4.69, 9.17) is 4.74 Å². The van der Waals surface area contributed by atoms with Crippen LogP contribution < -0.4 is 16.0 Å². The van der Waals surface area contributed by atoms with Crippen LogP contribution in [-0.2, 0) is 19.1 Å². The van der Waals surface area contributed by atoms with E-state index in [1.54, 1.807) is 0 Å². The first-order valence-electron chi connectivity index (χ1n) is 19.4. The topological polar surface area (TPSA) is 103 Å². The molecule has 0 aromatic heterocycles. The zero-order chi connectivity index (χ0) is 33.1. The highest BCUT2D eigenvalue weighted by molar-refractivity contribution is 5.97. The van der Waals surface area contributed by atoms with Gasteiger partial charge in [-0.1, -0.05) is 27.7 Å². The molecule has 4 aliphatic carbocycles. The highest BCUT2D eigenvalue weighted by atomic mass is 16.5. The average Bonchev–Trinajstić information content (AvgIpc) is 3.49. The summed E-state index contributed by atoms with van der Waals surface area (Å²) in [6.45, 7) is 16.5. The molecule has 264 valence electrons. The molecule has 12 atom stereocenters. The van der Waals surface area contributed by atoms with Crippen molar-refractivity contribution in [2.24, 2.45) is 52.3 Å². The van der Waals surface area contributed by atoms with Crippen LogP contribution in [-0.4, -0.2) is 98.1 Å². The Morgan fingerprint density at radius 2 is 1.77 bits per heavy atom. The number of amides is 2. The van der Waals surface area contributed by atoms with Gasteiger partial charge in [0.15, 0.2) is 0 Å². The van der Waals surface area contributed by atoms with E-state index in [1.165, 1.54) is 19.3 Å². The van der Waals surface area contributed by atoms with E-state index >= 15 is 0 Å². The third-order valence-corrected chi connectivity index (χ3v) is 15.3. The second-order valence-corrected chi connectivity index (χ2v) is 17.8. The highest BCUT2D eigenvalue weighted by Gasteiger charge is 2.71. The summed E-state index contributed by atoms with van der Waals surface area (Å²) in [5.41, 5.74) is -0.390. The Balaban J connectivity index is 0.908. The summed E-state index contributed by atoms with van der Waals surface area (Å²) < 4.78 is 6.99. The lowest BCUT2D eigenvalue weighted by Gasteiger charge is -2.60. The van der Waals surface area contributed by atoms with Crippen LogP contribution in [0.25, 0.3) is 0 Å². The van der Waals surface area contributed by atoms with E-state index in [1.807, 2.05) is 0 Å². The van der Waals surface area contributed by atoms with Gasteiger partial charge in [0.25, 0.3) is 0 Å². The Morgan fingerprint density at radius 1 is 0.979 bits per heavy atom. The molecule has 3 saturated heterocycles. The van der Waals surface area contributed by atoms with Crippen LogP contribution in [0.2, 0.25) is 0 Å². The highest BCUT2D eigenvalue weighted by Crippen LogP contribution is 2.70. The lowest BCUT2D eigenvalue weighted by Crippen LogP contribution is -2.60. The molecule has 0 aromatic carbocycles. The van der Waals surface area contributed by atoms with Gasteiger partial charge in [-0.15, -0.1) is 0 Å². The summed E-state index contributed by atoms with van der Waals surface area (Å²) in [5.74, 6) is 3.46. The van der Waals surface area contributed by atoms with E-state index in [0.717, 1.165) is 77.8 Å². The number of nitrogens with one attached hydrogen (secondary N) is 3. The molecule has 0 aromatic rings. The maximum atomic E-state index is 14.4. The molecule has 3 heterocycles. The van der Waals surface area contributed by atoms with Crippen LogP contribution in [0.4, 0.5) is 0 Å². The van der Waals surface area contributed by atoms with Crippen LogP contribution in [0, 0.1) is 52.3 Å². The predicted octanol–water partition coefficient (Wildman–Crippen LogP) is 3.81. The van der Waals surface area contributed by atoms with Gasteiger partial charge in [-0.3, -0.25) is 19.7 Å². The maximum Gasteiger partial charge on any atom is 0.229 e. The minimum Gasteiger partial charge on any atom is -0.357 e. The number of hydrogen-bond acceptors (Lipinski definition) is 7. The predicted molar refractivity (Wildman–Crippen MR) is 182 cm³/mol. The summed E-state index contributed by atoms with van der Waals surface area (Å²) in [7, 11) is 2.16. The fraction of sp³-hybridized carbons (Fsp3) is 0.921. The van der Waals surface area contributed by atoms with Crippen molar-refractivity contribution in [2.45, 2.75) is 116 Å². The molecule has 0 bridgehead atoms. The summed E-state index contributed by atoms with van der Waals surface area (Å²) in [6, 6.07) is 0.119. The van der Waals surface area contributed by atoms with Gasteiger partial charge in [-0.2, -0.15) is 0 Å². The van der Waals surface area contributed by atoms with Gasteiger partial charge in [0.05, 0.1) is 6.10 Å². The van der Waals surface area contributed by atoms with Crippen molar-refractivity contribution in [1.29, 1.82) is 0 Å². The number of piperazine rings is 1. The van der Waals surface area contributed by atoms with Crippen molar-refractivity contribution in [3.05, 3.63) is 0 Å². The number of ether oxygens (including phenoxy) is 1. The molecule has 1 spiro atoms. The molecule has 2 amide bonds. The molecule has 0 radical (unpaired) electrons. The van der Waals surface area contributed by atoms with Crippen molar-refractivity contribution in [3.8, 4) is 0 Å². The first kappa shape index (κ1) is 33.9. The van der Waals surface area contributed by atoms with Crippen LogP contribution >= 0.6 is 0 Å². The summed E-state index contributed by atoms with van der Waals surface area (Å²) in [6.07, 6.45) is 10.3. The lowest BCUT2D eigenvalue weighted by molar-refractivity contribution is -0.160. The zero-order valence-electron chi connectivity index (χ0n) is 30.0. The van der Waals surface area contributed by atoms with E-state index in [2.05, 4.69) is 60.5 Å². The van der Waals surface area contributed by atoms with Gasteiger partial charge < -0.3 is 25.2 Å². The second-order valence-electron chi connectivity index (χ2n) is 17.8. The number of ketones is 1. The molecule has 9 nitrogen and oxygen atoms in total. The van der Waals surface area contributed by atoms with Gasteiger partial charge in [0.1, 0.15) is 17.9 Å². The number of Topliss-reactive ketones (excluding diaryl/α,β-unsaturated/α-hetero) is 1. The van der Waals surface area contributed by atoms with Gasteiger partial charge >= 0.3 is 0 Å². The maximum absolute atomic E-state index is 14.4. The van der Waals surface area contributed by atoms with E-state index in [9.17, 15) is 14.4 Å². The van der Waals surface area contributed by atoms with Crippen molar-refractivity contribution in [3.63, 3.8) is 0 Å².